The summed E-state index contributed by atoms with van der Waals surface area (Å²) in [7, 11) is -1.73. The van der Waals surface area contributed by atoms with E-state index >= 15 is 0 Å². The molecule has 0 aliphatic rings. The second kappa shape index (κ2) is 20.0. The number of nitrogens with zero attached hydrogens (tertiary/aromatic N) is 8. The molecule has 332 valence electrons. The van der Waals surface area contributed by atoms with Gasteiger partial charge in [-0.25, -0.2) is 33.7 Å². The molecule has 0 unspecified atom stereocenters. The summed E-state index contributed by atoms with van der Waals surface area (Å²) in [5, 5.41) is 26.5. The average molecular weight is 907 g/mol. The van der Waals surface area contributed by atoms with Crippen molar-refractivity contribution in [3.8, 4) is 44.8 Å². The summed E-state index contributed by atoms with van der Waals surface area (Å²) in [6, 6.07) is 27.7. The number of hydrogen-bond acceptors (Lipinski definition) is 14. The maximum absolute atomic E-state index is 14.5. The van der Waals surface area contributed by atoms with Crippen molar-refractivity contribution in [3.05, 3.63) is 165 Å². The number of ether oxygens (including phenoxy) is 1. The predicted molar refractivity (Wildman–Crippen MR) is 253 cm³/mol. The van der Waals surface area contributed by atoms with E-state index in [0.717, 1.165) is 50.7 Å². The zero-order valence-corrected chi connectivity index (χ0v) is 36.0. The number of aromatic nitrogens is 8. The van der Waals surface area contributed by atoms with Crippen LogP contribution in [0.5, 0.6) is 0 Å². The summed E-state index contributed by atoms with van der Waals surface area (Å²) in [5.74, 6) is -1.95. The third kappa shape index (κ3) is 9.81. The summed E-state index contributed by atoms with van der Waals surface area (Å²) in [5.41, 5.74) is 5.90. The molecule has 0 fully saturated rings. The molecule has 8 aromatic heterocycles. The van der Waals surface area contributed by atoms with Crippen molar-refractivity contribution in [1.82, 2.24) is 39.9 Å². The van der Waals surface area contributed by atoms with E-state index in [0.29, 0.717) is 50.4 Å². The zero-order chi connectivity index (χ0) is 47.9. The standard InChI is InChI=1S/C24H16FN5O.C22H14BFN4O2.C4H5O3/c1-14(31)29-24-20-12-26-10-8-15(20)19(13-28-24)18-11-22(17-5-2-3-7-21(17)25)30-23-16(18)6-4-9-27-23;24-19-6-2-1-4-15(19)20-10-16(14-5-3-8-26-22(14)28-20)17-12-27-21(23(29)30)18-11-25-9-7-13(17)18;1-3(5)7-4(2)6/h2-13H,1H3,(H,28,29,31);1-12,29-30H;1H2,2H3/q;;+1. The number of halogens is 2. The van der Waals surface area contributed by atoms with Crippen LogP contribution >= 0.6 is 0 Å². The monoisotopic (exact) mass is 906 g/mol. The van der Waals surface area contributed by atoms with Crippen molar-refractivity contribution in [1.29, 1.82) is 0 Å². The molecule has 0 bridgehead atoms. The van der Waals surface area contributed by atoms with Crippen LogP contribution in [0.15, 0.2) is 147 Å². The average Bonchev–Trinajstić information content (AvgIpc) is 3.33. The molecule has 3 N–H and O–H groups in total. The number of nitrogens with one attached hydrogen (secondary N) is 1. The minimum absolute atomic E-state index is 0.118. The third-order valence-electron chi connectivity index (χ3n) is 10.3. The van der Waals surface area contributed by atoms with E-state index in [2.05, 4.69) is 56.8 Å². The van der Waals surface area contributed by atoms with Gasteiger partial charge < -0.3 is 20.1 Å². The molecule has 0 saturated heterocycles. The van der Waals surface area contributed by atoms with Gasteiger partial charge in [0.2, 0.25) is 5.91 Å². The van der Waals surface area contributed by atoms with Gasteiger partial charge in [0.15, 0.2) is 18.2 Å². The topological polar surface area (TPSA) is 216 Å². The summed E-state index contributed by atoms with van der Waals surface area (Å²) in [6.45, 7) is 5.37. The second-order valence-corrected chi connectivity index (χ2v) is 14.8. The lowest BCUT2D eigenvalue weighted by molar-refractivity contribution is -0.154. The van der Waals surface area contributed by atoms with E-state index in [4.69, 9.17) is 0 Å². The summed E-state index contributed by atoms with van der Waals surface area (Å²) < 4.78 is 32.8. The Bertz CT molecular complexity index is 3550. The van der Waals surface area contributed by atoms with Crippen LogP contribution in [-0.2, 0) is 19.1 Å². The van der Waals surface area contributed by atoms with Crippen molar-refractivity contribution in [3.63, 3.8) is 0 Å². The first-order chi connectivity index (χ1) is 32.9. The van der Waals surface area contributed by atoms with Gasteiger partial charge in [0.05, 0.1) is 17.0 Å². The molecule has 0 spiro atoms. The molecule has 68 heavy (non-hydrogen) atoms. The molecular weight excluding hydrogens is 871 g/mol. The van der Waals surface area contributed by atoms with Crippen LogP contribution in [0.3, 0.4) is 0 Å². The first-order valence-corrected chi connectivity index (χ1v) is 20.5. The predicted octanol–water partition coefficient (Wildman–Crippen LogP) is 7.64. The highest BCUT2D eigenvalue weighted by atomic mass is 19.1. The Labute approximate surface area is 385 Å². The highest BCUT2D eigenvalue weighted by molar-refractivity contribution is 6.61. The lowest BCUT2D eigenvalue weighted by Crippen LogP contribution is -2.33. The van der Waals surface area contributed by atoms with Crippen molar-refractivity contribution in [2.75, 3.05) is 5.32 Å². The normalized spacial score (nSPS) is 10.7. The van der Waals surface area contributed by atoms with Gasteiger partial charge in [-0.3, -0.25) is 24.5 Å². The third-order valence-corrected chi connectivity index (χ3v) is 10.3. The van der Waals surface area contributed by atoms with Crippen molar-refractivity contribution < 1.29 is 37.9 Å². The molecule has 0 radical (unpaired) electrons. The van der Waals surface area contributed by atoms with Crippen molar-refractivity contribution in [2.24, 2.45) is 0 Å². The Kier molecular flexibility index (Phi) is 13.4. The lowest BCUT2D eigenvalue weighted by atomic mass is 9.81. The second-order valence-electron chi connectivity index (χ2n) is 14.8. The number of carbonyl (C=O) groups is 3. The first kappa shape index (κ1) is 45.6. The fourth-order valence-corrected chi connectivity index (χ4v) is 7.43. The number of carbonyl (C=O) groups excluding carboxylic acids is 3. The van der Waals surface area contributed by atoms with Gasteiger partial charge in [0, 0.05) is 107 Å². The largest absolute Gasteiger partial charge is 0.508 e. The van der Waals surface area contributed by atoms with Crippen LogP contribution in [-0.4, -0.2) is 74.9 Å². The van der Waals surface area contributed by atoms with Gasteiger partial charge in [0.1, 0.15) is 17.5 Å². The number of rotatable bonds is 6. The van der Waals surface area contributed by atoms with Crippen LogP contribution in [0.25, 0.3) is 88.4 Å². The lowest BCUT2D eigenvalue weighted by Gasteiger charge is -2.14. The Morgan fingerprint density at radius 1 is 0.559 bits per heavy atom. The highest BCUT2D eigenvalue weighted by Gasteiger charge is 2.22. The first-order valence-electron chi connectivity index (χ1n) is 20.5. The molecule has 15 nitrogen and oxygen atoms in total. The summed E-state index contributed by atoms with van der Waals surface area (Å²) >= 11 is 0. The van der Waals surface area contributed by atoms with E-state index < -0.39 is 19.1 Å². The van der Waals surface area contributed by atoms with Gasteiger partial charge in [-0.15, -0.1) is 0 Å². The van der Waals surface area contributed by atoms with E-state index in [1.165, 1.54) is 19.1 Å². The minimum atomic E-state index is -1.73. The van der Waals surface area contributed by atoms with Crippen LogP contribution in [0, 0.1) is 18.6 Å². The SMILES string of the molecule is CC(=O)Nc1ncc(-c2cc(-c3ccccc3F)nc3ncccc23)c2ccncc12.OB(O)c1ncc(-c2cc(-c3ccccc3F)nc3ncccc23)c2ccncc12.[CH2+]C(=O)OC(C)=O. The van der Waals surface area contributed by atoms with Crippen molar-refractivity contribution >= 4 is 80.0 Å². The molecule has 0 saturated carbocycles. The Morgan fingerprint density at radius 2 is 1.06 bits per heavy atom. The van der Waals surface area contributed by atoms with Gasteiger partial charge in [-0.2, -0.15) is 4.79 Å². The molecule has 18 heteroatoms. The van der Waals surface area contributed by atoms with E-state index in [1.807, 2.05) is 30.3 Å². The number of pyridine rings is 8. The fraction of sp³-hybridized carbons (Fsp3) is 0.0400. The van der Waals surface area contributed by atoms with Crippen LogP contribution in [0.4, 0.5) is 14.6 Å². The Hall–Kier alpha value is -9.00. The van der Waals surface area contributed by atoms with Gasteiger partial charge >= 0.3 is 19.1 Å². The maximum Gasteiger partial charge on any atom is 0.508 e. The molecular formula is C50H35BF2N9O6+. The summed E-state index contributed by atoms with van der Waals surface area (Å²) in [4.78, 5) is 66.0. The number of amides is 1. The number of anilines is 1. The van der Waals surface area contributed by atoms with Crippen LogP contribution in [0.1, 0.15) is 13.8 Å². The molecule has 10 rings (SSSR count). The van der Waals surface area contributed by atoms with Crippen LogP contribution < -0.4 is 10.9 Å². The summed E-state index contributed by atoms with van der Waals surface area (Å²) in [6.07, 6.45) is 13.1. The van der Waals surface area contributed by atoms with Gasteiger partial charge in [0.25, 0.3) is 0 Å². The molecule has 1 amide bonds. The number of fused-ring (bicyclic) bond motifs is 4. The smallest absolute Gasteiger partial charge is 0.422 e. The van der Waals surface area contributed by atoms with E-state index in [-0.39, 0.29) is 23.1 Å². The quantitative estimate of drug-likeness (QED) is 0.0633. The zero-order valence-electron chi connectivity index (χ0n) is 36.0. The fourth-order valence-electron chi connectivity index (χ4n) is 7.43. The maximum atomic E-state index is 14.5. The molecule has 2 aromatic carbocycles. The number of hydrogen-bond donors (Lipinski definition) is 3. The van der Waals surface area contributed by atoms with E-state index in [1.54, 1.807) is 104 Å². The molecule has 0 atom stereocenters. The molecule has 0 aliphatic heterocycles. The molecule has 0 aliphatic carbocycles. The Morgan fingerprint density at radius 3 is 1.53 bits per heavy atom. The number of esters is 2. The number of benzene rings is 2. The van der Waals surface area contributed by atoms with Crippen LogP contribution in [0.2, 0.25) is 0 Å². The molecule has 10 aromatic rings. The molecule has 8 heterocycles. The van der Waals surface area contributed by atoms with Gasteiger partial charge in [-0.1, -0.05) is 24.3 Å². The Balaban J connectivity index is 0.000000162. The van der Waals surface area contributed by atoms with Gasteiger partial charge in [-0.05, 0) is 94.7 Å². The highest BCUT2D eigenvalue weighted by Crippen LogP contribution is 2.38. The van der Waals surface area contributed by atoms with Crippen molar-refractivity contribution in [2.45, 2.75) is 13.8 Å². The van der Waals surface area contributed by atoms with E-state index in [9.17, 15) is 33.2 Å². The minimum Gasteiger partial charge on any atom is -0.422 e.